The number of carbonyl (C=O) groups excluding carboxylic acids is 2. The van der Waals surface area contributed by atoms with Crippen molar-refractivity contribution in [3.05, 3.63) is 114 Å². The number of amides is 1. The van der Waals surface area contributed by atoms with Gasteiger partial charge in [-0.25, -0.2) is 15.2 Å². The number of hydrazone groups is 1. The molecule has 1 heterocycles. The van der Waals surface area contributed by atoms with E-state index in [4.69, 9.17) is 4.74 Å². The number of imidazole rings is 1. The number of H-pyrrole nitrogens is 1. The molecular formula is C31H22N4O3S. The van der Waals surface area contributed by atoms with Crippen molar-refractivity contribution in [1.82, 2.24) is 15.4 Å². The Morgan fingerprint density at radius 3 is 2.41 bits per heavy atom. The van der Waals surface area contributed by atoms with Gasteiger partial charge in [0.25, 0.3) is 5.91 Å². The zero-order valence-electron chi connectivity index (χ0n) is 20.6. The SMILES string of the molecule is O=C(CSc1nc2ccccc2[nH]1)N/N=C\c1c(OC(=O)c2cccc3ccccc23)ccc2ccccc12. The Bertz CT molecular complexity index is 1840. The van der Waals surface area contributed by atoms with Crippen LogP contribution >= 0.6 is 11.8 Å². The molecule has 0 radical (unpaired) electrons. The maximum Gasteiger partial charge on any atom is 0.344 e. The molecule has 0 bridgehead atoms. The van der Waals surface area contributed by atoms with E-state index in [2.05, 4.69) is 20.5 Å². The summed E-state index contributed by atoms with van der Waals surface area (Å²) >= 11 is 1.29. The Morgan fingerprint density at radius 2 is 1.56 bits per heavy atom. The Labute approximate surface area is 227 Å². The number of fused-ring (bicyclic) bond motifs is 3. The third-order valence-corrected chi connectivity index (χ3v) is 7.11. The van der Waals surface area contributed by atoms with Crippen LogP contribution in [0.2, 0.25) is 0 Å². The van der Waals surface area contributed by atoms with Crippen molar-refractivity contribution >= 4 is 62.4 Å². The van der Waals surface area contributed by atoms with Gasteiger partial charge in [0.15, 0.2) is 5.16 Å². The standard InChI is InChI=1S/C31H22N4O3S/c36-29(19-39-31-33-26-14-5-6-15-27(26)34-31)35-32-18-25-23-12-4-2-9-21(23)16-17-28(25)38-30(37)24-13-7-10-20-8-1-3-11-22(20)24/h1-18H,19H2,(H,33,34)(H,35,36)/b32-18-. The lowest BCUT2D eigenvalue weighted by molar-refractivity contribution is -0.118. The Morgan fingerprint density at radius 1 is 0.846 bits per heavy atom. The van der Waals surface area contributed by atoms with Gasteiger partial charge < -0.3 is 9.72 Å². The number of hydrogen-bond acceptors (Lipinski definition) is 6. The molecule has 0 aliphatic rings. The fourth-order valence-electron chi connectivity index (χ4n) is 4.39. The maximum absolute atomic E-state index is 13.2. The molecule has 0 fully saturated rings. The highest BCUT2D eigenvalue weighted by Gasteiger charge is 2.16. The van der Waals surface area contributed by atoms with Crippen LogP contribution in [0.4, 0.5) is 0 Å². The highest BCUT2D eigenvalue weighted by molar-refractivity contribution is 7.99. The number of carbonyl (C=O) groups is 2. The van der Waals surface area contributed by atoms with Crippen molar-refractivity contribution in [1.29, 1.82) is 0 Å². The highest BCUT2D eigenvalue weighted by atomic mass is 32.2. The molecule has 0 unspecified atom stereocenters. The first-order valence-electron chi connectivity index (χ1n) is 12.3. The van der Waals surface area contributed by atoms with Crippen LogP contribution in [0.1, 0.15) is 15.9 Å². The minimum Gasteiger partial charge on any atom is -0.422 e. The number of aromatic amines is 1. The zero-order valence-corrected chi connectivity index (χ0v) is 21.4. The van der Waals surface area contributed by atoms with Crippen LogP contribution in [0, 0.1) is 0 Å². The van der Waals surface area contributed by atoms with Crippen LogP contribution in [-0.4, -0.2) is 33.8 Å². The minimum absolute atomic E-state index is 0.135. The van der Waals surface area contributed by atoms with E-state index in [1.165, 1.54) is 18.0 Å². The first-order valence-corrected chi connectivity index (χ1v) is 13.3. The highest BCUT2D eigenvalue weighted by Crippen LogP contribution is 2.28. The second-order valence-corrected chi connectivity index (χ2v) is 9.72. The van der Waals surface area contributed by atoms with Gasteiger partial charge in [0.1, 0.15) is 5.75 Å². The van der Waals surface area contributed by atoms with Crippen LogP contribution in [0.15, 0.2) is 113 Å². The normalized spacial score (nSPS) is 11.4. The van der Waals surface area contributed by atoms with Gasteiger partial charge in [-0.05, 0) is 45.8 Å². The summed E-state index contributed by atoms with van der Waals surface area (Å²) in [7, 11) is 0. The van der Waals surface area contributed by atoms with E-state index in [1.54, 1.807) is 12.1 Å². The third kappa shape index (κ3) is 5.23. The fraction of sp³-hybridized carbons (Fsp3) is 0.0323. The van der Waals surface area contributed by atoms with Gasteiger partial charge in [0.05, 0.1) is 28.6 Å². The van der Waals surface area contributed by atoms with E-state index in [9.17, 15) is 9.59 Å². The maximum atomic E-state index is 13.2. The molecule has 5 aromatic carbocycles. The first kappa shape index (κ1) is 24.4. The molecule has 0 spiro atoms. The molecule has 6 aromatic rings. The number of nitrogens with zero attached hydrogens (tertiary/aromatic N) is 2. The van der Waals surface area contributed by atoms with E-state index < -0.39 is 5.97 Å². The van der Waals surface area contributed by atoms with Crippen LogP contribution in [-0.2, 0) is 4.79 Å². The van der Waals surface area contributed by atoms with Gasteiger partial charge in [-0.1, -0.05) is 90.6 Å². The molecule has 1 aromatic heterocycles. The van der Waals surface area contributed by atoms with Crippen molar-refractivity contribution in [2.75, 3.05) is 5.75 Å². The number of benzene rings is 5. The van der Waals surface area contributed by atoms with Gasteiger partial charge in [-0.3, -0.25) is 4.79 Å². The summed E-state index contributed by atoms with van der Waals surface area (Å²) in [6.45, 7) is 0. The van der Waals surface area contributed by atoms with Crippen LogP contribution in [0.25, 0.3) is 32.6 Å². The number of thioether (sulfide) groups is 1. The lowest BCUT2D eigenvalue weighted by Crippen LogP contribution is -2.20. The van der Waals surface area contributed by atoms with E-state index >= 15 is 0 Å². The second-order valence-electron chi connectivity index (χ2n) is 8.76. The summed E-state index contributed by atoms with van der Waals surface area (Å²) in [4.78, 5) is 33.4. The molecule has 0 saturated heterocycles. The van der Waals surface area contributed by atoms with Crippen molar-refractivity contribution in [2.24, 2.45) is 5.10 Å². The predicted molar refractivity (Wildman–Crippen MR) is 155 cm³/mol. The van der Waals surface area contributed by atoms with Crippen LogP contribution in [0.3, 0.4) is 0 Å². The molecular weight excluding hydrogens is 508 g/mol. The van der Waals surface area contributed by atoms with Crippen LogP contribution in [0.5, 0.6) is 5.75 Å². The number of hydrogen-bond donors (Lipinski definition) is 2. The molecule has 2 N–H and O–H groups in total. The third-order valence-electron chi connectivity index (χ3n) is 6.23. The van der Waals surface area contributed by atoms with Gasteiger partial charge >= 0.3 is 5.97 Å². The molecule has 7 nitrogen and oxygen atoms in total. The van der Waals surface area contributed by atoms with E-state index in [0.29, 0.717) is 22.0 Å². The summed E-state index contributed by atoms with van der Waals surface area (Å²) in [5.41, 5.74) is 5.39. The van der Waals surface area contributed by atoms with E-state index in [-0.39, 0.29) is 11.7 Å². The van der Waals surface area contributed by atoms with Crippen molar-refractivity contribution in [3.8, 4) is 5.75 Å². The van der Waals surface area contributed by atoms with Crippen molar-refractivity contribution < 1.29 is 14.3 Å². The topological polar surface area (TPSA) is 96.4 Å². The van der Waals surface area contributed by atoms with E-state index in [0.717, 1.165) is 32.6 Å². The quantitative estimate of drug-likeness (QED) is 0.0827. The molecule has 0 aliphatic carbocycles. The Hall–Kier alpha value is -4.95. The second kappa shape index (κ2) is 10.8. The summed E-state index contributed by atoms with van der Waals surface area (Å²) in [5.74, 6) is -0.272. The van der Waals surface area contributed by atoms with Gasteiger partial charge in [0, 0.05) is 5.56 Å². The number of ether oxygens (including phenoxy) is 1. The summed E-state index contributed by atoms with van der Waals surface area (Å²) in [6, 6.07) is 32.3. The number of para-hydroxylation sites is 2. The number of esters is 1. The molecule has 0 aliphatic heterocycles. The monoisotopic (exact) mass is 530 g/mol. The fourth-order valence-corrected chi connectivity index (χ4v) is 5.07. The molecule has 0 atom stereocenters. The molecule has 0 saturated carbocycles. The smallest absolute Gasteiger partial charge is 0.344 e. The summed E-state index contributed by atoms with van der Waals surface area (Å²) in [6.07, 6.45) is 1.51. The number of rotatable bonds is 7. The van der Waals surface area contributed by atoms with Crippen molar-refractivity contribution in [3.63, 3.8) is 0 Å². The average Bonchev–Trinajstić information content (AvgIpc) is 3.40. The van der Waals surface area contributed by atoms with Crippen molar-refractivity contribution in [2.45, 2.75) is 5.16 Å². The lowest BCUT2D eigenvalue weighted by atomic mass is 10.0. The van der Waals surface area contributed by atoms with Gasteiger partial charge in [0.2, 0.25) is 0 Å². The molecule has 8 heteroatoms. The lowest BCUT2D eigenvalue weighted by Gasteiger charge is -2.11. The minimum atomic E-state index is -0.469. The molecule has 190 valence electrons. The first-order chi connectivity index (χ1) is 19.2. The van der Waals surface area contributed by atoms with Crippen LogP contribution < -0.4 is 10.2 Å². The number of aromatic nitrogens is 2. The van der Waals surface area contributed by atoms with Gasteiger partial charge in [-0.15, -0.1) is 0 Å². The average molecular weight is 531 g/mol. The predicted octanol–water partition coefficient (Wildman–Crippen LogP) is 6.33. The molecule has 1 amide bonds. The largest absolute Gasteiger partial charge is 0.422 e. The number of nitrogens with one attached hydrogen (secondary N) is 2. The van der Waals surface area contributed by atoms with E-state index in [1.807, 2.05) is 91.0 Å². The Kier molecular flexibility index (Phi) is 6.76. The summed E-state index contributed by atoms with van der Waals surface area (Å²) < 4.78 is 5.88. The summed E-state index contributed by atoms with van der Waals surface area (Å²) in [5, 5.41) is 8.40. The zero-order chi connectivity index (χ0) is 26.6. The van der Waals surface area contributed by atoms with Gasteiger partial charge in [-0.2, -0.15) is 5.10 Å². The Balaban J connectivity index is 1.21. The molecule has 39 heavy (non-hydrogen) atoms. The molecule has 6 rings (SSSR count).